The average molecular weight is 278 g/mol. The normalized spacial score (nSPS) is 19.6. The molecule has 0 saturated heterocycles. The summed E-state index contributed by atoms with van der Waals surface area (Å²) in [5, 5.41) is 8.13. The maximum atomic E-state index is 4.32. The summed E-state index contributed by atoms with van der Waals surface area (Å²) in [6.45, 7) is 3.34. The Morgan fingerprint density at radius 1 is 1.40 bits per heavy atom. The first-order valence-corrected chi connectivity index (χ1v) is 7.97. The molecule has 0 radical (unpaired) electrons. The Balaban J connectivity index is 2.16. The fraction of sp³-hybridized carbons (Fsp3) is 0.812. The van der Waals surface area contributed by atoms with Gasteiger partial charge in [-0.15, -0.1) is 0 Å². The molecule has 1 aliphatic rings. The molecule has 1 saturated carbocycles. The summed E-state index contributed by atoms with van der Waals surface area (Å²) in [5.41, 5.74) is 1.65. The highest BCUT2D eigenvalue weighted by atomic mass is 15.2. The van der Waals surface area contributed by atoms with E-state index in [0.29, 0.717) is 11.6 Å². The predicted molar refractivity (Wildman–Crippen MR) is 83.9 cm³/mol. The van der Waals surface area contributed by atoms with Crippen LogP contribution < -0.4 is 5.32 Å². The van der Waals surface area contributed by atoms with Gasteiger partial charge in [-0.05, 0) is 51.9 Å². The molecule has 4 nitrogen and oxygen atoms in total. The van der Waals surface area contributed by atoms with Gasteiger partial charge in [-0.1, -0.05) is 19.8 Å². The summed E-state index contributed by atoms with van der Waals surface area (Å²) in [5.74, 6) is 0. The van der Waals surface area contributed by atoms with Gasteiger partial charge in [-0.3, -0.25) is 4.68 Å². The van der Waals surface area contributed by atoms with Crippen molar-refractivity contribution in [2.45, 2.75) is 57.0 Å². The number of aromatic nitrogens is 2. The lowest BCUT2D eigenvalue weighted by atomic mass is 9.83. The van der Waals surface area contributed by atoms with Crippen molar-refractivity contribution in [3.05, 3.63) is 18.0 Å². The van der Waals surface area contributed by atoms with Crippen LogP contribution >= 0.6 is 0 Å². The fourth-order valence-corrected chi connectivity index (χ4v) is 3.68. The molecule has 0 bridgehead atoms. The molecule has 114 valence electrons. The number of nitrogens with one attached hydrogen (secondary N) is 1. The number of rotatable bonds is 7. The number of aryl methyl sites for hydroxylation is 1. The third kappa shape index (κ3) is 3.23. The van der Waals surface area contributed by atoms with Crippen molar-refractivity contribution in [1.82, 2.24) is 20.0 Å². The Bertz CT molecular complexity index is 404. The summed E-state index contributed by atoms with van der Waals surface area (Å²) < 4.78 is 1.91. The molecule has 1 fully saturated rings. The molecular formula is C16H30N4. The molecule has 0 spiro atoms. The molecule has 20 heavy (non-hydrogen) atoms. The molecule has 0 aliphatic heterocycles. The van der Waals surface area contributed by atoms with Gasteiger partial charge in [-0.25, -0.2) is 0 Å². The third-order valence-corrected chi connectivity index (χ3v) is 4.85. The van der Waals surface area contributed by atoms with E-state index in [1.165, 1.54) is 37.7 Å². The van der Waals surface area contributed by atoms with Crippen LogP contribution in [0.5, 0.6) is 0 Å². The van der Waals surface area contributed by atoms with Crippen LogP contribution in [0.15, 0.2) is 12.4 Å². The van der Waals surface area contributed by atoms with Crippen LogP contribution in [0.1, 0.15) is 44.6 Å². The average Bonchev–Trinajstić information content (AvgIpc) is 3.04. The van der Waals surface area contributed by atoms with E-state index in [-0.39, 0.29) is 0 Å². The van der Waals surface area contributed by atoms with E-state index >= 15 is 0 Å². The zero-order valence-corrected chi connectivity index (χ0v) is 13.5. The highest BCUT2D eigenvalue weighted by Crippen LogP contribution is 2.37. The minimum Gasteiger partial charge on any atom is -0.312 e. The summed E-state index contributed by atoms with van der Waals surface area (Å²) in [7, 11) is 6.49. The van der Waals surface area contributed by atoms with Crippen LogP contribution in [0.4, 0.5) is 0 Å². The highest BCUT2D eigenvalue weighted by Gasteiger charge is 2.42. The zero-order chi connectivity index (χ0) is 14.6. The predicted octanol–water partition coefficient (Wildman–Crippen LogP) is 2.21. The van der Waals surface area contributed by atoms with E-state index in [1.54, 1.807) is 0 Å². The number of likely N-dealkylation sites (N-methyl/N-ethyl adjacent to an activating group) is 1. The second-order valence-electron chi connectivity index (χ2n) is 6.44. The number of hydrogen-bond donors (Lipinski definition) is 1. The van der Waals surface area contributed by atoms with E-state index in [0.717, 1.165) is 13.0 Å². The van der Waals surface area contributed by atoms with Gasteiger partial charge in [0, 0.05) is 24.8 Å². The maximum absolute atomic E-state index is 4.32. The summed E-state index contributed by atoms with van der Waals surface area (Å²) in [6.07, 6.45) is 11.8. The molecular weight excluding hydrogens is 248 g/mol. The lowest BCUT2D eigenvalue weighted by Gasteiger charge is -2.44. The Hall–Kier alpha value is -0.870. The molecule has 1 heterocycles. The first-order chi connectivity index (χ1) is 9.58. The quantitative estimate of drug-likeness (QED) is 0.830. The van der Waals surface area contributed by atoms with Gasteiger partial charge in [0.25, 0.3) is 0 Å². The first kappa shape index (κ1) is 15.5. The van der Waals surface area contributed by atoms with Crippen LogP contribution in [-0.4, -0.2) is 46.9 Å². The van der Waals surface area contributed by atoms with Gasteiger partial charge in [0.05, 0.1) is 6.20 Å². The van der Waals surface area contributed by atoms with E-state index < -0.39 is 0 Å². The number of hydrogen-bond acceptors (Lipinski definition) is 3. The lowest BCUT2D eigenvalue weighted by molar-refractivity contribution is 0.104. The number of nitrogens with zero attached hydrogens (tertiary/aromatic N) is 3. The molecule has 2 rings (SSSR count). The van der Waals surface area contributed by atoms with Crippen molar-refractivity contribution in [2.24, 2.45) is 7.05 Å². The van der Waals surface area contributed by atoms with Crippen molar-refractivity contribution in [3.63, 3.8) is 0 Å². The Morgan fingerprint density at radius 3 is 2.60 bits per heavy atom. The van der Waals surface area contributed by atoms with Gasteiger partial charge >= 0.3 is 0 Å². The minimum absolute atomic E-state index is 0.311. The van der Waals surface area contributed by atoms with E-state index in [2.05, 4.69) is 42.5 Å². The van der Waals surface area contributed by atoms with Gasteiger partial charge in [0.1, 0.15) is 0 Å². The zero-order valence-electron chi connectivity index (χ0n) is 13.5. The smallest absolute Gasteiger partial charge is 0.0522 e. The minimum atomic E-state index is 0.311. The van der Waals surface area contributed by atoms with Crippen molar-refractivity contribution < 1.29 is 0 Å². The van der Waals surface area contributed by atoms with Gasteiger partial charge in [-0.2, -0.15) is 5.10 Å². The molecule has 0 aromatic carbocycles. The second-order valence-corrected chi connectivity index (χ2v) is 6.44. The lowest BCUT2D eigenvalue weighted by Crippen LogP contribution is -2.58. The second kappa shape index (κ2) is 6.72. The monoisotopic (exact) mass is 278 g/mol. The summed E-state index contributed by atoms with van der Waals surface area (Å²) in [4.78, 5) is 2.46. The molecule has 4 heteroatoms. The Kier molecular flexibility index (Phi) is 5.22. The summed E-state index contributed by atoms with van der Waals surface area (Å²) >= 11 is 0. The van der Waals surface area contributed by atoms with Gasteiger partial charge < -0.3 is 10.2 Å². The van der Waals surface area contributed by atoms with Crippen molar-refractivity contribution in [1.29, 1.82) is 0 Å². The highest BCUT2D eigenvalue weighted by molar-refractivity contribution is 5.12. The fourth-order valence-electron chi connectivity index (χ4n) is 3.68. The van der Waals surface area contributed by atoms with Crippen LogP contribution in [0.2, 0.25) is 0 Å². The van der Waals surface area contributed by atoms with Crippen LogP contribution in [0, 0.1) is 0 Å². The van der Waals surface area contributed by atoms with Crippen molar-refractivity contribution in [2.75, 3.05) is 20.6 Å². The largest absolute Gasteiger partial charge is 0.312 e. The Morgan fingerprint density at radius 2 is 2.10 bits per heavy atom. The van der Waals surface area contributed by atoms with Crippen LogP contribution in [-0.2, 0) is 13.5 Å². The van der Waals surface area contributed by atoms with E-state index in [4.69, 9.17) is 0 Å². The van der Waals surface area contributed by atoms with E-state index in [9.17, 15) is 0 Å². The molecule has 0 amide bonds. The topological polar surface area (TPSA) is 33.1 Å². The molecule has 1 aliphatic carbocycles. The van der Waals surface area contributed by atoms with Crippen LogP contribution in [0.25, 0.3) is 0 Å². The molecule has 1 unspecified atom stereocenters. The third-order valence-electron chi connectivity index (χ3n) is 4.85. The maximum Gasteiger partial charge on any atom is 0.0522 e. The van der Waals surface area contributed by atoms with E-state index in [1.807, 2.05) is 17.9 Å². The van der Waals surface area contributed by atoms with Crippen LogP contribution in [0.3, 0.4) is 0 Å². The molecule has 1 N–H and O–H groups in total. The summed E-state index contributed by atoms with van der Waals surface area (Å²) in [6, 6.07) is 0.518. The SMILES string of the molecule is CCCNC(Cc1cnn(C)c1)C1(N(C)C)CCCC1. The van der Waals surface area contributed by atoms with Crippen molar-refractivity contribution >= 4 is 0 Å². The first-order valence-electron chi connectivity index (χ1n) is 7.97. The standard InChI is InChI=1S/C16H30N4/c1-5-10-17-15(11-14-12-18-20(4)13-14)16(19(2)3)8-6-7-9-16/h12-13,15,17H,5-11H2,1-4H3. The molecule has 1 aromatic rings. The molecule has 1 atom stereocenters. The Labute approximate surface area is 123 Å². The van der Waals surface area contributed by atoms with Crippen molar-refractivity contribution in [3.8, 4) is 0 Å². The van der Waals surface area contributed by atoms with Gasteiger partial charge in [0.2, 0.25) is 0 Å². The van der Waals surface area contributed by atoms with Gasteiger partial charge in [0.15, 0.2) is 0 Å². The molecule has 1 aromatic heterocycles.